The van der Waals surface area contributed by atoms with E-state index in [1.807, 2.05) is 0 Å². The van der Waals surface area contributed by atoms with Gasteiger partial charge in [-0.2, -0.15) is 15.1 Å². The fraction of sp³-hybridized carbons (Fsp3) is 0.696. The molecule has 0 bridgehead atoms. The lowest BCUT2D eigenvalue weighted by Gasteiger charge is -2.21. The monoisotopic (exact) mass is 653 g/mol. The first kappa shape index (κ1) is 33.1. The Morgan fingerprint density at radius 3 is 2.42 bits per heavy atom. The van der Waals surface area contributed by atoms with Crippen molar-refractivity contribution in [3.05, 3.63) is 11.5 Å². The number of aromatic nitrogens is 4. The minimum absolute atomic E-state index is 0.0569. The van der Waals surface area contributed by atoms with Crippen molar-refractivity contribution in [3.8, 4) is 0 Å². The van der Waals surface area contributed by atoms with Gasteiger partial charge >= 0.3 is 26.4 Å². The van der Waals surface area contributed by atoms with Gasteiger partial charge in [0.05, 0.1) is 31.4 Å². The molecule has 0 spiro atoms. The second kappa shape index (κ2) is 14.8. The highest BCUT2D eigenvalue weighted by molar-refractivity contribution is 7.52. The maximum Gasteiger partial charge on any atom is 0.513 e. The number of ether oxygens (including phenoxy) is 6. The molecule has 4 N–H and O–H groups in total. The van der Waals surface area contributed by atoms with Crippen molar-refractivity contribution < 1.29 is 62.2 Å². The molecule has 1 aliphatic carbocycles. The molecule has 2 aromatic rings. The summed E-state index contributed by atoms with van der Waals surface area (Å²) in [4.78, 5) is 41.9. The summed E-state index contributed by atoms with van der Waals surface area (Å²) < 4.78 is 47.7. The zero-order chi connectivity index (χ0) is 31.1. The topological polar surface area (TPSA) is 232 Å². The summed E-state index contributed by atoms with van der Waals surface area (Å²) in [7, 11) is -4.75. The van der Waals surface area contributed by atoms with Crippen LogP contribution in [0.2, 0.25) is 5.28 Å². The van der Waals surface area contributed by atoms with E-state index in [2.05, 4.69) is 39.3 Å². The molecule has 0 aromatic carbocycles. The fourth-order valence-corrected chi connectivity index (χ4v) is 5.42. The lowest BCUT2D eigenvalue weighted by atomic mass is 10.1. The Bertz CT molecular complexity index is 1290. The fourth-order valence-electron chi connectivity index (χ4n) is 4.50. The number of halogens is 1. The number of aliphatic hydroxyl groups is 2. The van der Waals surface area contributed by atoms with Crippen LogP contribution in [0.15, 0.2) is 6.20 Å². The highest BCUT2D eigenvalue weighted by Gasteiger charge is 2.45. The summed E-state index contributed by atoms with van der Waals surface area (Å²) in [6, 6.07) is 0.226. The van der Waals surface area contributed by atoms with Crippen LogP contribution >= 0.6 is 19.2 Å². The van der Waals surface area contributed by atoms with Crippen LogP contribution in [-0.4, -0.2) is 104 Å². The minimum atomic E-state index is -4.75. The van der Waals surface area contributed by atoms with Crippen molar-refractivity contribution in [1.29, 1.82) is 0 Å². The zero-order valence-corrected chi connectivity index (χ0v) is 24.9. The SMILES string of the molecule is CCOC(=O)OC(OC(=O)OCC)OP(=O)(O)COC[C@H]1O[C@@H](n2ncc3c(NC4CCCC4)nc(Cl)nc32)[C@H](O)[C@@H]1O. The average Bonchev–Trinajstić information content (AvgIpc) is 3.65. The largest absolute Gasteiger partial charge is 0.513 e. The molecule has 1 saturated carbocycles. The Labute approximate surface area is 250 Å². The van der Waals surface area contributed by atoms with Crippen molar-refractivity contribution in [2.75, 3.05) is 31.5 Å². The maximum atomic E-state index is 12.6. The second-order valence-corrected chi connectivity index (χ2v) is 11.6. The van der Waals surface area contributed by atoms with E-state index < -0.39 is 63.9 Å². The summed E-state index contributed by atoms with van der Waals surface area (Å²) >= 11 is 6.17. The van der Waals surface area contributed by atoms with Gasteiger partial charge in [-0.15, -0.1) is 0 Å². The van der Waals surface area contributed by atoms with E-state index in [0.717, 1.165) is 25.7 Å². The quantitative estimate of drug-likeness (QED) is 0.105. The van der Waals surface area contributed by atoms with Crippen LogP contribution in [0.5, 0.6) is 0 Å². The molecular formula is C23H33ClN5O13P. The lowest BCUT2D eigenvalue weighted by Crippen LogP contribution is -2.34. The first-order valence-corrected chi connectivity index (χ1v) is 15.6. The molecular weight excluding hydrogens is 621 g/mol. The number of aliphatic hydroxyl groups excluding tert-OH is 2. The minimum Gasteiger partial charge on any atom is -0.434 e. The van der Waals surface area contributed by atoms with Gasteiger partial charge in [0.25, 0.3) is 0 Å². The Hall–Kier alpha value is -2.83. The Morgan fingerprint density at radius 2 is 1.79 bits per heavy atom. The van der Waals surface area contributed by atoms with Gasteiger partial charge in [-0.05, 0) is 38.3 Å². The standard InChI is InChI=1S/C23H33ClN5O13P/c1-3-37-21(32)40-23(41-22(33)38-4-2)42-43(34,35)11-36-10-14-15(30)16(31)19(39-14)29-18-13(9-25-29)17(27-20(24)28-18)26-12-7-5-6-8-12/h9,12,14-16,19,23,30-31H,3-8,10-11H2,1-2H3,(H,34,35)(H,26,27,28)/t14-,15-,16-,19-/m1/s1. The van der Waals surface area contributed by atoms with Gasteiger partial charge in [0.1, 0.15) is 30.5 Å². The molecule has 3 heterocycles. The van der Waals surface area contributed by atoms with E-state index in [1.165, 1.54) is 24.7 Å². The number of nitrogens with one attached hydrogen (secondary N) is 1. The summed E-state index contributed by atoms with van der Waals surface area (Å²) in [6.07, 6.45) is -3.44. The third-order valence-electron chi connectivity index (χ3n) is 6.40. The Balaban J connectivity index is 1.38. The van der Waals surface area contributed by atoms with Gasteiger partial charge in [-0.25, -0.2) is 18.8 Å². The van der Waals surface area contributed by atoms with Crippen LogP contribution in [0.1, 0.15) is 45.8 Å². The molecule has 1 saturated heterocycles. The highest BCUT2D eigenvalue weighted by atomic mass is 35.5. The van der Waals surface area contributed by atoms with Crippen molar-refractivity contribution >= 4 is 48.4 Å². The van der Waals surface area contributed by atoms with Crippen molar-refractivity contribution in [1.82, 2.24) is 19.7 Å². The van der Waals surface area contributed by atoms with Crippen LogP contribution in [0.3, 0.4) is 0 Å². The van der Waals surface area contributed by atoms with E-state index in [9.17, 15) is 29.3 Å². The summed E-state index contributed by atoms with van der Waals surface area (Å²) in [5.74, 6) is 0.483. The third kappa shape index (κ3) is 8.63. The summed E-state index contributed by atoms with van der Waals surface area (Å²) in [6.45, 7) is -0.0553. The lowest BCUT2D eigenvalue weighted by molar-refractivity contribution is -0.206. The normalized spacial score (nSPS) is 23.8. The van der Waals surface area contributed by atoms with Gasteiger partial charge in [0, 0.05) is 6.04 Å². The van der Waals surface area contributed by atoms with E-state index in [4.69, 9.17) is 25.6 Å². The second-order valence-electron chi connectivity index (χ2n) is 9.47. The van der Waals surface area contributed by atoms with Crippen LogP contribution in [0.4, 0.5) is 15.4 Å². The molecule has 5 atom stereocenters. The number of carbonyl (C=O) groups is 2. The number of rotatable bonds is 13. The van der Waals surface area contributed by atoms with E-state index >= 15 is 0 Å². The number of hydrogen-bond acceptors (Lipinski definition) is 16. The third-order valence-corrected chi connectivity index (χ3v) is 7.58. The first-order valence-electron chi connectivity index (χ1n) is 13.4. The number of hydrogen-bond donors (Lipinski definition) is 4. The predicted octanol–water partition coefficient (Wildman–Crippen LogP) is 2.26. The van der Waals surface area contributed by atoms with Crippen LogP contribution < -0.4 is 5.32 Å². The molecule has 1 unspecified atom stereocenters. The van der Waals surface area contributed by atoms with E-state index in [1.54, 1.807) is 0 Å². The van der Waals surface area contributed by atoms with Gasteiger partial charge in [-0.3, -0.25) is 4.57 Å². The van der Waals surface area contributed by atoms with Gasteiger partial charge in [0.15, 0.2) is 11.9 Å². The number of anilines is 1. The number of fused-ring (bicyclic) bond motifs is 1. The molecule has 4 rings (SSSR count). The molecule has 1 aliphatic heterocycles. The summed E-state index contributed by atoms with van der Waals surface area (Å²) in [5.41, 5.74) is 0.251. The van der Waals surface area contributed by atoms with Crippen molar-refractivity contribution in [2.45, 2.75) is 76.6 Å². The molecule has 18 nitrogen and oxygen atoms in total. The molecule has 2 aromatic heterocycles. The molecule has 20 heteroatoms. The van der Waals surface area contributed by atoms with Gasteiger partial charge in [-0.1, -0.05) is 12.8 Å². The van der Waals surface area contributed by atoms with E-state index in [-0.39, 0.29) is 30.2 Å². The van der Waals surface area contributed by atoms with Crippen LogP contribution in [-0.2, 0) is 37.5 Å². The molecule has 0 radical (unpaired) electrons. The average molecular weight is 654 g/mol. The maximum absolute atomic E-state index is 12.6. The summed E-state index contributed by atoms with van der Waals surface area (Å²) in [5, 5.41) is 29.4. The number of nitrogens with zero attached hydrogens (tertiary/aromatic N) is 4. The highest BCUT2D eigenvalue weighted by Crippen LogP contribution is 2.44. The van der Waals surface area contributed by atoms with Gasteiger partial charge < -0.3 is 48.8 Å². The smallest absolute Gasteiger partial charge is 0.434 e. The molecule has 2 fully saturated rings. The van der Waals surface area contributed by atoms with Crippen molar-refractivity contribution in [2.24, 2.45) is 0 Å². The van der Waals surface area contributed by atoms with Gasteiger partial charge in [0.2, 0.25) is 5.28 Å². The molecule has 43 heavy (non-hydrogen) atoms. The van der Waals surface area contributed by atoms with Crippen LogP contribution in [0.25, 0.3) is 11.0 Å². The number of carbonyl (C=O) groups excluding carboxylic acids is 2. The molecule has 0 amide bonds. The Kier molecular flexibility index (Phi) is 11.4. The van der Waals surface area contributed by atoms with Crippen LogP contribution in [0, 0.1) is 0 Å². The van der Waals surface area contributed by atoms with Crippen molar-refractivity contribution in [3.63, 3.8) is 0 Å². The van der Waals surface area contributed by atoms with E-state index in [0.29, 0.717) is 11.2 Å². The molecule has 240 valence electrons. The molecule has 2 aliphatic rings. The first-order chi connectivity index (χ1) is 20.5. The predicted molar refractivity (Wildman–Crippen MR) is 144 cm³/mol. The zero-order valence-electron chi connectivity index (χ0n) is 23.2. The Morgan fingerprint density at radius 1 is 1.14 bits per heavy atom.